The fraction of sp³-hybridized carbons (Fsp3) is 0.800. The Kier molecular flexibility index (Phi) is 4.02. The molecule has 0 radical (unpaired) electrons. The first-order valence-corrected chi connectivity index (χ1v) is 7.18. The second kappa shape index (κ2) is 5.25. The molecule has 4 nitrogen and oxygen atoms in total. The van der Waals surface area contributed by atoms with E-state index in [1.165, 1.54) is 17.7 Å². The molecule has 4 heteroatoms. The molecule has 1 aliphatic heterocycles. The lowest BCUT2D eigenvalue weighted by atomic mass is 9.89. The van der Waals surface area contributed by atoms with E-state index in [2.05, 4.69) is 44.3 Å². The smallest absolute Gasteiger partial charge is 0.0779 e. The van der Waals surface area contributed by atoms with Crippen molar-refractivity contribution in [3.8, 4) is 0 Å². The molecule has 1 aromatic rings. The van der Waals surface area contributed by atoms with E-state index in [0.29, 0.717) is 0 Å². The molecule has 0 amide bonds. The Morgan fingerprint density at radius 1 is 1.47 bits per heavy atom. The Morgan fingerprint density at radius 3 is 2.79 bits per heavy atom. The van der Waals surface area contributed by atoms with Crippen molar-refractivity contribution in [2.45, 2.75) is 58.1 Å². The van der Waals surface area contributed by atoms with Gasteiger partial charge in [0.2, 0.25) is 0 Å². The van der Waals surface area contributed by atoms with Gasteiger partial charge in [0.1, 0.15) is 0 Å². The van der Waals surface area contributed by atoms with Gasteiger partial charge in [-0.3, -0.25) is 4.68 Å². The van der Waals surface area contributed by atoms with E-state index in [9.17, 15) is 0 Å². The fourth-order valence-electron chi connectivity index (χ4n) is 2.74. The maximum absolute atomic E-state index is 5.80. The molecule has 0 aliphatic carbocycles. The Bertz CT molecular complexity index is 425. The Balaban J connectivity index is 1.96. The van der Waals surface area contributed by atoms with Gasteiger partial charge in [-0.25, -0.2) is 0 Å². The lowest BCUT2D eigenvalue weighted by Crippen LogP contribution is -2.37. The van der Waals surface area contributed by atoms with Gasteiger partial charge < -0.3 is 10.1 Å². The summed E-state index contributed by atoms with van der Waals surface area (Å²) in [5.74, 6) is 0. The summed E-state index contributed by atoms with van der Waals surface area (Å²) in [6, 6.07) is 0. The molecule has 1 atom stereocenters. The number of nitrogens with zero attached hydrogens (tertiary/aromatic N) is 2. The Hall–Kier alpha value is -0.870. The van der Waals surface area contributed by atoms with Gasteiger partial charge in [0.25, 0.3) is 0 Å². The topological polar surface area (TPSA) is 39.1 Å². The molecule has 1 aromatic heterocycles. The van der Waals surface area contributed by atoms with Crippen LogP contribution in [-0.2, 0) is 23.7 Å². The van der Waals surface area contributed by atoms with Crippen LogP contribution in [0, 0.1) is 0 Å². The quantitative estimate of drug-likeness (QED) is 0.908. The third-order valence-corrected chi connectivity index (χ3v) is 3.73. The molecular formula is C15H27N3O. The number of aromatic nitrogens is 2. The average Bonchev–Trinajstić information content (AvgIpc) is 2.85. The van der Waals surface area contributed by atoms with Crippen LogP contribution < -0.4 is 5.32 Å². The van der Waals surface area contributed by atoms with Gasteiger partial charge in [0, 0.05) is 43.9 Å². The number of aryl methyl sites for hydroxylation is 1. The minimum Gasteiger partial charge on any atom is -0.374 e. The van der Waals surface area contributed by atoms with Crippen LogP contribution in [-0.4, -0.2) is 28.5 Å². The summed E-state index contributed by atoms with van der Waals surface area (Å²) in [5, 5.41) is 8.13. The van der Waals surface area contributed by atoms with Gasteiger partial charge in [0.15, 0.2) is 0 Å². The molecule has 1 N–H and O–H groups in total. The molecule has 1 fully saturated rings. The first-order chi connectivity index (χ1) is 8.80. The van der Waals surface area contributed by atoms with Crippen molar-refractivity contribution >= 4 is 0 Å². The highest BCUT2D eigenvalue weighted by atomic mass is 16.5. The van der Waals surface area contributed by atoms with Gasteiger partial charge in [-0.2, -0.15) is 5.10 Å². The maximum Gasteiger partial charge on any atom is 0.0779 e. The van der Waals surface area contributed by atoms with Crippen molar-refractivity contribution < 1.29 is 4.74 Å². The molecule has 2 heterocycles. The first-order valence-electron chi connectivity index (χ1n) is 7.18. The zero-order chi connectivity index (χ0) is 14.1. The normalized spacial score (nSPS) is 24.1. The molecule has 1 aliphatic rings. The summed E-state index contributed by atoms with van der Waals surface area (Å²) in [6.45, 7) is 11.5. The van der Waals surface area contributed by atoms with Crippen molar-refractivity contribution in [1.29, 1.82) is 0 Å². The largest absolute Gasteiger partial charge is 0.374 e. The summed E-state index contributed by atoms with van der Waals surface area (Å²) in [4.78, 5) is 0. The lowest BCUT2D eigenvalue weighted by molar-refractivity contribution is 0.0206. The summed E-state index contributed by atoms with van der Waals surface area (Å²) < 4.78 is 7.71. The van der Waals surface area contributed by atoms with Crippen LogP contribution in [0.15, 0.2) is 6.20 Å². The number of nitrogens with one attached hydrogen (secondary N) is 1. The SMILES string of the molecule is Cn1cc(CNCC2(C)CCCO2)c(C(C)(C)C)n1. The van der Waals surface area contributed by atoms with Crippen LogP contribution >= 0.6 is 0 Å². The van der Waals surface area contributed by atoms with E-state index in [4.69, 9.17) is 4.74 Å². The highest BCUT2D eigenvalue weighted by Gasteiger charge is 2.29. The van der Waals surface area contributed by atoms with Crippen molar-refractivity contribution in [3.63, 3.8) is 0 Å². The monoisotopic (exact) mass is 265 g/mol. The molecule has 108 valence electrons. The van der Waals surface area contributed by atoms with Crippen LogP contribution in [0.25, 0.3) is 0 Å². The van der Waals surface area contributed by atoms with Crippen molar-refractivity contribution in [2.24, 2.45) is 7.05 Å². The third-order valence-electron chi connectivity index (χ3n) is 3.73. The number of hydrogen-bond donors (Lipinski definition) is 1. The van der Waals surface area contributed by atoms with Crippen molar-refractivity contribution in [1.82, 2.24) is 15.1 Å². The summed E-state index contributed by atoms with van der Waals surface area (Å²) in [5.41, 5.74) is 2.58. The zero-order valence-corrected chi connectivity index (χ0v) is 12.9. The van der Waals surface area contributed by atoms with Gasteiger partial charge in [-0.1, -0.05) is 20.8 Å². The summed E-state index contributed by atoms with van der Waals surface area (Å²) >= 11 is 0. The van der Waals surface area contributed by atoms with Crippen LogP contribution in [0.5, 0.6) is 0 Å². The van der Waals surface area contributed by atoms with Crippen LogP contribution in [0.1, 0.15) is 51.8 Å². The number of rotatable bonds is 4. The highest BCUT2D eigenvalue weighted by molar-refractivity contribution is 5.23. The maximum atomic E-state index is 5.80. The van der Waals surface area contributed by atoms with E-state index in [1.54, 1.807) is 0 Å². The van der Waals surface area contributed by atoms with E-state index >= 15 is 0 Å². The van der Waals surface area contributed by atoms with Crippen molar-refractivity contribution in [3.05, 3.63) is 17.5 Å². The minimum absolute atomic E-state index is 0.0180. The second-order valence-corrected chi connectivity index (χ2v) is 6.93. The molecule has 1 saturated heterocycles. The minimum atomic E-state index is 0.0180. The fourth-order valence-corrected chi connectivity index (χ4v) is 2.74. The molecule has 2 rings (SSSR count). The zero-order valence-electron chi connectivity index (χ0n) is 12.9. The first kappa shape index (κ1) is 14.5. The molecule has 0 aromatic carbocycles. The second-order valence-electron chi connectivity index (χ2n) is 6.93. The molecular weight excluding hydrogens is 238 g/mol. The van der Waals surface area contributed by atoms with E-state index in [-0.39, 0.29) is 11.0 Å². The predicted octanol–water partition coefficient (Wildman–Crippen LogP) is 2.38. The average molecular weight is 265 g/mol. The van der Waals surface area contributed by atoms with E-state index in [0.717, 1.165) is 26.1 Å². The van der Waals surface area contributed by atoms with Crippen LogP contribution in [0.2, 0.25) is 0 Å². The molecule has 0 spiro atoms. The lowest BCUT2D eigenvalue weighted by Gasteiger charge is -2.24. The summed E-state index contributed by atoms with van der Waals surface area (Å²) in [6.07, 6.45) is 4.45. The van der Waals surface area contributed by atoms with Gasteiger partial charge in [-0.15, -0.1) is 0 Å². The highest BCUT2D eigenvalue weighted by Crippen LogP contribution is 2.26. The van der Waals surface area contributed by atoms with E-state index in [1.807, 2.05) is 11.7 Å². The standard InChI is InChI=1S/C15H27N3O/c1-14(2,3)13-12(10-18(5)17-13)9-16-11-15(4)7-6-8-19-15/h10,16H,6-9,11H2,1-5H3. The van der Waals surface area contributed by atoms with Crippen molar-refractivity contribution in [2.75, 3.05) is 13.2 Å². The number of ether oxygens (including phenoxy) is 1. The van der Waals surface area contributed by atoms with Crippen LogP contribution in [0.3, 0.4) is 0 Å². The van der Waals surface area contributed by atoms with Crippen LogP contribution in [0.4, 0.5) is 0 Å². The Labute approximate surface area is 116 Å². The Morgan fingerprint density at radius 2 is 2.21 bits per heavy atom. The molecule has 0 saturated carbocycles. The third kappa shape index (κ3) is 3.57. The molecule has 1 unspecified atom stereocenters. The molecule has 0 bridgehead atoms. The number of hydrogen-bond acceptors (Lipinski definition) is 3. The van der Waals surface area contributed by atoms with Gasteiger partial charge >= 0.3 is 0 Å². The molecule has 19 heavy (non-hydrogen) atoms. The summed E-state index contributed by atoms with van der Waals surface area (Å²) in [7, 11) is 1.99. The van der Waals surface area contributed by atoms with E-state index < -0.39 is 0 Å². The van der Waals surface area contributed by atoms with Gasteiger partial charge in [0.05, 0.1) is 11.3 Å². The predicted molar refractivity (Wildman–Crippen MR) is 77.2 cm³/mol. The van der Waals surface area contributed by atoms with Gasteiger partial charge in [-0.05, 0) is 19.8 Å².